The van der Waals surface area contributed by atoms with Gasteiger partial charge in [-0.1, -0.05) is 83.2 Å². The molecule has 0 radical (unpaired) electrons. The lowest BCUT2D eigenvalue weighted by Crippen LogP contribution is -2.50. The van der Waals surface area contributed by atoms with Gasteiger partial charge >= 0.3 is 6.09 Å². The van der Waals surface area contributed by atoms with Crippen LogP contribution in [0, 0.1) is 29.6 Å². The Morgan fingerprint density at radius 2 is 1.40 bits per heavy atom. The summed E-state index contributed by atoms with van der Waals surface area (Å²) in [6.07, 6.45) is 4.65. The number of allylic oxidation sites excluding steroid dienone is 3. The first kappa shape index (κ1) is 45.9. The minimum Gasteiger partial charge on any atom is -0.445 e. The van der Waals surface area contributed by atoms with Crippen LogP contribution in [0.15, 0.2) is 48.6 Å². The molecule has 0 saturated carbocycles. The maximum Gasteiger partial charge on any atom is 0.404 e. The van der Waals surface area contributed by atoms with Gasteiger partial charge in [0.1, 0.15) is 24.4 Å². The second kappa shape index (κ2) is 24.9. The molecule has 0 aliphatic rings. The van der Waals surface area contributed by atoms with Gasteiger partial charge in [0.25, 0.3) is 0 Å². The standard InChI is InChI=1S/C36H65NO11/c1-13-14-15-24(4)32(48-36(37)41)27(7)31(40)26(6)19-22(2)18-25(5)30(39)23(3)16-17-28(38)20-47-35(46-12)34(45-11)33(44-10)29(43-9)21-42-8/h13-18,23-35,38-40H,1,19-21H2,2-12H3,(H2,37,41)/b15-14-,17-16-,22-18-/t23-,24-,25-,26-,27-,28+,29?,30-,31+,32-,33?,34?,35?/m0/s1. The van der Waals surface area contributed by atoms with E-state index in [2.05, 4.69) is 6.58 Å². The van der Waals surface area contributed by atoms with E-state index in [0.717, 1.165) is 5.57 Å². The van der Waals surface area contributed by atoms with Crippen LogP contribution >= 0.6 is 0 Å². The zero-order valence-corrected chi connectivity index (χ0v) is 31.0. The number of hydrogen-bond acceptors (Lipinski definition) is 11. The van der Waals surface area contributed by atoms with Gasteiger partial charge in [-0.3, -0.25) is 0 Å². The summed E-state index contributed by atoms with van der Waals surface area (Å²) in [7, 11) is 7.62. The molecule has 1 amide bonds. The van der Waals surface area contributed by atoms with Crippen LogP contribution in [0.3, 0.4) is 0 Å². The third kappa shape index (κ3) is 16.1. The fourth-order valence-corrected chi connectivity index (χ4v) is 5.95. The maximum absolute atomic E-state index is 11.6. The molecule has 4 unspecified atom stereocenters. The lowest BCUT2D eigenvalue weighted by Gasteiger charge is -2.34. The van der Waals surface area contributed by atoms with E-state index < -0.39 is 55.1 Å². The van der Waals surface area contributed by atoms with Gasteiger partial charge in [-0.05, 0) is 19.3 Å². The predicted molar refractivity (Wildman–Crippen MR) is 186 cm³/mol. The summed E-state index contributed by atoms with van der Waals surface area (Å²) in [5.41, 5.74) is 6.32. The van der Waals surface area contributed by atoms with Crippen LogP contribution < -0.4 is 5.73 Å². The molecule has 0 aromatic rings. The van der Waals surface area contributed by atoms with E-state index in [9.17, 15) is 20.1 Å². The summed E-state index contributed by atoms with van der Waals surface area (Å²) < 4.78 is 38.6. The number of aliphatic hydroxyl groups is 3. The molecule has 0 rings (SSSR count). The van der Waals surface area contributed by atoms with E-state index in [4.69, 9.17) is 38.9 Å². The molecule has 0 saturated heterocycles. The van der Waals surface area contributed by atoms with Crippen molar-refractivity contribution < 1.29 is 53.3 Å². The number of nitrogens with two attached hydrogens (primary N) is 1. The molecular formula is C36H65NO11. The molecule has 12 nitrogen and oxygen atoms in total. The average Bonchev–Trinajstić information content (AvgIpc) is 3.05. The van der Waals surface area contributed by atoms with Crippen molar-refractivity contribution in [3.63, 3.8) is 0 Å². The van der Waals surface area contributed by atoms with Gasteiger partial charge in [0.15, 0.2) is 6.29 Å². The smallest absolute Gasteiger partial charge is 0.404 e. The topological polar surface area (TPSA) is 168 Å². The summed E-state index contributed by atoms with van der Waals surface area (Å²) in [4.78, 5) is 11.6. The summed E-state index contributed by atoms with van der Waals surface area (Å²) in [6, 6.07) is 0. The number of ether oxygens (including phenoxy) is 7. The van der Waals surface area contributed by atoms with Gasteiger partial charge in [0, 0.05) is 59.2 Å². The quantitative estimate of drug-likeness (QED) is 0.0589. The molecule has 48 heavy (non-hydrogen) atoms. The molecular weight excluding hydrogens is 622 g/mol. The number of hydrogen-bond donors (Lipinski definition) is 4. The number of carbonyl (C=O) groups excluding carboxylic acids is 1. The Kier molecular flexibility index (Phi) is 23.8. The molecule has 12 heteroatoms. The summed E-state index contributed by atoms with van der Waals surface area (Å²) in [6.45, 7) is 15.3. The lowest BCUT2D eigenvalue weighted by atomic mass is 9.81. The molecule has 0 fully saturated rings. The zero-order valence-electron chi connectivity index (χ0n) is 31.0. The van der Waals surface area contributed by atoms with Crippen molar-refractivity contribution in [2.75, 3.05) is 48.8 Å². The van der Waals surface area contributed by atoms with E-state index in [1.807, 2.05) is 53.7 Å². The Labute approximate surface area is 288 Å². The third-order valence-electron chi connectivity index (χ3n) is 8.67. The highest BCUT2D eigenvalue weighted by Crippen LogP contribution is 2.29. The summed E-state index contributed by atoms with van der Waals surface area (Å²) in [5, 5.41) is 32.8. The van der Waals surface area contributed by atoms with Crippen molar-refractivity contribution in [1.29, 1.82) is 0 Å². The Bertz CT molecular complexity index is 974. The Morgan fingerprint density at radius 1 is 0.771 bits per heavy atom. The largest absolute Gasteiger partial charge is 0.445 e. The molecule has 13 atom stereocenters. The van der Waals surface area contributed by atoms with Crippen LogP contribution in [-0.2, 0) is 33.2 Å². The van der Waals surface area contributed by atoms with Crippen molar-refractivity contribution in [2.24, 2.45) is 35.3 Å². The zero-order chi connectivity index (χ0) is 37.0. The number of methoxy groups -OCH3 is 5. The minimum absolute atomic E-state index is 0.0854. The van der Waals surface area contributed by atoms with Crippen LogP contribution in [0.5, 0.6) is 0 Å². The van der Waals surface area contributed by atoms with Crippen molar-refractivity contribution in [3.8, 4) is 0 Å². The van der Waals surface area contributed by atoms with Gasteiger partial charge in [-0.15, -0.1) is 0 Å². The number of primary amides is 1. The highest BCUT2D eigenvalue weighted by Gasteiger charge is 2.37. The first-order valence-corrected chi connectivity index (χ1v) is 16.5. The van der Waals surface area contributed by atoms with Crippen LogP contribution in [-0.4, -0.2) is 119 Å². The third-order valence-corrected chi connectivity index (χ3v) is 8.67. The van der Waals surface area contributed by atoms with E-state index in [0.29, 0.717) is 6.42 Å². The van der Waals surface area contributed by atoms with Crippen molar-refractivity contribution in [2.45, 2.75) is 97.0 Å². The molecule has 5 N–H and O–H groups in total. The minimum atomic E-state index is -0.970. The van der Waals surface area contributed by atoms with Gasteiger partial charge in [-0.25, -0.2) is 4.79 Å². The van der Waals surface area contributed by atoms with Crippen molar-refractivity contribution in [1.82, 2.24) is 0 Å². The highest BCUT2D eigenvalue weighted by molar-refractivity contribution is 5.64. The molecule has 0 aromatic carbocycles. The second-order valence-corrected chi connectivity index (χ2v) is 12.7. The van der Waals surface area contributed by atoms with Gasteiger partial charge in [-0.2, -0.15) is 0 Å². The van der Waals surface area contributed by atoms with Crippen LogP contribution in [0.1, 0.15) is 48.0 Å². The fourth-order valence-electron chi connectivity index (χ4n) is 5.95. The van der Waals surface area contributed by atoms with E-state index >= 15 is 0 Å². The summed E-state index contributed by atoms with van der Waals surface area (Å²) >= 11 is 0. The molecule has 0 bridgehead atoms. The predicted octanol–water partition coefficient (Wildman–Crippen LogP) is 4.03. The Balaban J connectivity index is 5.31. The summed E-state index contributed by atoms with van der Waals surface area (Å²) in [5.74, 6) is -1.21. The number of amides is 1. The van der Waals surface area contributed by atoms with E-state index in [1.54, 1.807) is 38.5 Å². The maximum atomic E-state index is 11.6. The number of aliphatic hydroxyl groups excluding tert-OH is 3. The molecule has 0 heterocycles. The Hall–Kier alpha value is -2.13. The van der Waals surface area contributed by atoms with Crippen molar-refractivity contribution >= 4 is 6.09 Å². The van der Waals surface area contributed by atoms with E-state index in [-0.39, 0.29) is 42.8 Å². The second-order valence-electron chi connectivity index (χ2n) is 12.7. The highest BCUT2D eigenvalue weighted by atomic mass is 16.7. The fraction of sp³-hybridized carbons (Fsp3) is 0.750. The van der Waals surface area contributed by atoms with Crippen LogP contribution in [0.25, 0.3) is 0 Å². The first-order chi connectivity index (χ1) is 22.6. The molecule has 280 valence electrons. The van der Waals surface area contributed by atoms with Gasteiger partial charge < -0.3 is 54.2 Å². The van der Waals surface area contributed by atoms with E-state index in [1.165, 1.54) is 21.3 Å². The molecule has 0 aliphatic carbocycles. The average molecular weight is 688 g/mol. The first-order valence-electron chi connectivity index (χ1n) is 16.5. The van der Waals surface area contributed by atoms with Crippen molar-refractivity contribution in [3.05, 3.63) is 48.6 Å². The van der Waals surface area contributed by atoms with Gasteiger partial charge in [0.05, 0.1) is 31.5 Å². The SMILES string of the molecule is C=C/C=C\[C@H](C)[C@H](OC(N)=O)[C@@H](C)[C@H](O)[C@@H](C)C/C(C)=C\[C@H](C)[C@@H](O)[C@@H](C)/C=C\[C@@H](O)COC(OC)C(OC)C(OC)C(COC)OC. The Morgan fingerprint density at radius 3 is 1.90 bits per heavy atom. The van der Waals surface area contributed by atoms with Crippen LogP contribution in [0.4, 0.5) is 4.79 Å². The normalized spacial score (nSPS) is 21.0. The molecule has 0 aliphatic heterocycles. The number of rotatable bonds is 26. The number of carbonyl (C=O) groups is 1. The van der Waals surface area contributed by atoms with Gasteiger partial charge in [0.2, 0.25) is 0 Å². The monoisotopic (exact) mass is 687 g/mol. The lowest BCUT2D eigenvalue weighted by molar-refractivity contribution is -0.236. The molecule has 0 aromatic heterocycles. The van der Waals surface area contributed by atoms with Crippen LogP contribution in [0.2, 0.25) is 0 Å². The molecule has 0 spiro atoms.